The molecule has 0 spiro atoms. The Morgan fingerprint density at radius 1 is 1.04 bits per heavy atom. The van der Waals surface area contributed by atoms with Crippen LogP contribution in [0.1, 0.15) is 37.4 Å². The minimum atomic E-state index is -0.0240. The van der Waals surface area contributed by atoms with Gasteiger partial charge in [0.25, 0.3) is 0 Å². The van der Waals surface area contributed by atoms with Crippen molar-refractivity contribution in [2.75, 3.05) is 13.7 Å². The highest BCUT2D eigenvalue weighted by atomic mass is 16.5. The summed E-state index contributed by atoms with van der Waals surface area (Å²) in [6.07, 6.45) is 1.18. The first kappa shape index (κ1) is 17.9. The summed E-state index contributed by atoms with van der Waals surface area (Å²) in [7, 11) is 1.64. The van der Waals surface area contributed by atoms with Gasteiger partial charge in [0, 0.05) is 6.42 Å². The largest absolute Gasteiger partial charge is 0.497 e. The van der Waals surface area contributed by atoms with Gasteiger partial charge in [-0.2, -0.15) is 0 Å². The lowest BCUT2D eigenvalue weighted by atomic mass is 10.1. The van der Waals surface area contributed by atoms with E-state index < -0.39 is 0 Å². The zero-order chi connectivity index (χ0) is 17.4. The van der Waals surface area contributed by atoms with E-state index in [0.29, 0.717) is 19.4 Å². The van der Waals surface area contributed by atoms with E-state index in [-0.39, 0.29) is 11.9 Å². The van der Waals surface area contributed by atoms with E-state index in [9.17, 15) is 4.79 Å². The molecule has 0 radical (unpaired) electrons. The van der Waals surface area contributed by atoms with Crippen LogP contribution in [-0.2, 0) is 11.2 Å². The molecule has 2 aromatic carbocycles. The average Bonchev–Trinajstić information content (AvgIpc) is 2.61. The Hall–Kier alpha value is -2.49. The summed E-state index contributed by atoms with van der Waals surface area (Å²) >= 11 is 0. The molecule has 128 valence electrons. The smallest absolute Gasteiger partial charge is 0.220 e. The molecule has 1 amide bonds. The molecule has 4 nitrogen and oxygen atoms in total. The Bertz CT molecular complexity index is 635. The normalized spacial score (nSPS) is 11.6. The minimum absolute atomic E-state index is 0.0240. The van der Waals surface area contributed by atoms with Gasteiger partial charge in [-0.05, 0) is 55.7 Å². The average molecular weight is 327 g/mol. The van der Waals surface area contributed by atoms with Gasteiger partial charge in [-0.25, -0.2) is 0 Å². The Balaban J connectivity index is 1.82. The maximum atomic E-state index is 12.1. The van der Waals surface area contributed by atoms with E-state index in [4.69, 9.17) is 9.47 Å². The summed E-state index contributed by atoms with van der Waals surface area (Å²) in [5.74, 6) is 1.72. The van der Waals surface area contributed by atoms with Crippen molar-refractivity contribution in [3.05, 3.63) is 59.7 Å². The highest BCUT2D eigenvalue weighted by Crippen LogP contribution is 2.18. The van der Waals surface area contributed by atoms with E-state index in [1.165, 1.54) is 0 Å². The first-order valence-corrected chi connectivity index (χ1v) is 8.27. The van der Waals surface area contributed by atoms with Crippen LogP contribution in [-0.4, -0.2) is 19.6 Å². The van der Waals surface area contributed by atoms with Gasteiger partial charge in [0.1, 0.15) is 11.5 Å². The second kappa shape index (κ2) is 8.96. The molecule has 1 N–H and O–H groups in total. The number of nitrogens with one attached hydrogen (secondary N) is 1. The van der Waals surface area contributed by atoms with Crippen molar-refractivity contribution in [1.29, 1.82) is 0 Å². The molecule has 0 bridgehead atoms. The number of ether oxygens (including phenoxy) is 2. The van der Waals surface area contributed by atoms with Crippen LogP contribution in [0.4, 0.5) is 0 Å². The Morgan fingerprint density at radius 3 is 2.25 bits per heavy atom. The monoisotopic (exact) mass is 327 g/mol. The van der Waals surface area contributed by atoms with Crippen molar-refractivity contribution in [2.24, 2.45) is 0 Å². The first-order chi connectivity index (χ1) is 11.6. The predicted molar refractivity (Wildman–Crippen MR) is 95.5 cm³/mol. The van der Waals surface area contributed by atoms with Crippen molar-refractivity contribution in [1.82, 2.24) is 5.32 Å². The Kier molecular flexibility index (Phi) is 6.67. The third-order valence-corrected chi connectivity index (χ3v) is 3.87. The molecule has 0 saturated heterocycles. The number of aryl methyl sites for hydroxylation is 1. The van der Waals surface area contributed by atoms with E-state index in [1.54, 1.807) is 7.11 Å². The molecule has 2 aromatic rings. The zero-order valence-corrected chi connectivity index (χ0v) is 14.5. The van der Waals surface area contributed by atoms with Crippen molar-refractivity contribution in [3.8, 4) is 11.5 Å². The SMILES string of the molecule is CCOc1ccc(C(C)NC(=O)CCc2ccc(OC)cc2)cc1. The summed E-state index contributed by atoms with van der Waals surface area (Å²) in [4.78, 5) is 12.1. The number of benzene rings is 2. The zero-order valence-electron chi connectivity index (χ0n) is 14.5. The van der Waals surface area contributed by atoms with Crippen LogP contribution in [0.25, 0.3) is 0 Å². The maximum Gasteiger partial charge on any atom is 0.220 e. The summed E-state index contributed by atoms with van der Waals surface area (Å²) in [6.45, 7) is 4.59. The second-order valence-electron chi connectivity index (χ2n) is 5.64. The molecule has 0 aliphatic rings. The van der Waals surface area contributed by atoms with Gasteiger partial charge in [-0.15, -0.1) is 0 Å². The lowest BCUT2D eigenvalue weighted by Crippen LogP contribution is -2.26. The van der Waals surface area contributed by atoms with Gasteiger partial charge in [0.05, 0.1) is 19.8 Å². The lowest BCUT2D eigenvalue weighted by molar-refractivity contribution is -0.121. The summed E-state index contributed by atoms with van der Waals surface area (Å²) < 4.78 is 10.6. The minimum Gasteiger partial charge on any atom is -0.497 e. The molecular weight excluding hydrogens is 302 g/mol. The molecule has 0 aromatic heterocycles. The number of carbonyl (C=O) groups excluding carboxylic acids is 1. The van der Waals surface area contributed by atoms with Crippen molar-refractivity contribution in [3.63, 3.8) is 0 Å². The van der Waals surface area contributed by atoms with Crippen LogP contribution in [0.2, 0.25) is 0 Å². The fraction of sp³-hybridized carbons (Fsp3) is 0.350. The summed E-state index contributed by atoms with van der Waals surface area (Å²) in [5, 5.41) is 3.04. The molecule has 0 heterocycles. The lowest BCUT2D eigenvalue weighted by Gasteiger charge is -2.15. The fourth-order valence-electron chi connectivity index (χ4n) is 2.47. The van der Waals surface area contributed by atoms with Gasteiger partial charge >= 0.3 is 0 Å². The van der Waals surface area contributed by atoms with Gasteiger partial charge in [0.15, 0.2) is 0 Å². The molecular formula is C20H25NO3. The second-order valence-corrected chi connectivity index (χ2v) is 5.64. The van der Waals surface area contributed by atoms with E-state index >= 15 is 0 Å². The van der Waals surface area contributed by atoms with E-state index in [1.807, 2.05) is 62.4 Å². The molecule has 0 saturated carbocycles. The third-order valence-electron chi connectivity index (χ3n) is 3.87. The van der Waals surface area contributed by atoms with Gasteiger partial charge in [0.2, 0.25) is 5.91 Å². The van der Waals surface area contributed by atoms with Gasteiger partial charge in [-0.1, -0.05) is 24.3 Å². The molecule has 2 rings (SSSR count). The maximum absolute atomic E-state index is 12.1. The molecule has 24 heavy (non-hydrogen) atoms. The molecule has 1 atom stereocenters. The van der Waals surface area contributed by atoms with E-state index in [2.05, 4.69) is 5.32 Å². The molecule has 4 heteroatoms. The van der Waals surface area contributed by atoms with Crippen LogP contribution in [0, 0.1) is 0 Å². The number of rotatable bonds is 8. The van der Waals surface area contributed by atoms with Crippen molar-refractivity contribution in [2.45, 2.75) is 32.7 Å². The highest BCUT2D eigenvalue weighted by molar-refractivity contribution is 5.76. The van der Waals surface area contributed by atoms with Gasteiger partial charge < -0.3 is 14.8 Å². The highest BCUT2D eigenvalue weighted by Gasteiger charge is 2.10. The number of hydrogen-bond acceptors (Lipinski definition) is 3. The van der Waals surface area contributed by atoms with Crippen LogP contribution in [0.3, 0.4) is 0 Å². The third kappa shape index (κ3) is 5.30. The van der Waals surface area contributed by atoms with Crippen LogP contribution >= 0.6 is 0 Å². The van der Waals surface area contributed by atoms with Crippen LogP contribution < -0.4 is 14.8 Å². The first-order valence-electron chi connectivity index (χ1n) is 8.27. The molecule has 0 fully saturated rings. The molecule has 0 aliphatic carbocycles. The summed E-state index contributed by atoms with van der Waals surface area (Å²) in [5.41, 5.74) is 2.19. The predicted octanol–water partition coefficient (Wildman–Crippen LogP) is 3.90. The van der Waals surface area contributed by atoms with Crippen molar-refractivity contribution < 1.29 is 14.3 Å². The Labute approximate surface area is 143 Å². The van der Waals surface area contributed by atoms with E-state index in [0.717, 1.165) is 22.6 Å². The van der Waals surface area contributed by atoms with Gasteiger partial charge in [-0.3, -0.25) is 4.79 Å². The topological polar surface area (TPSA) is 47.6 Å². The number of hydrogen-bond donors (Lipinski definition) is 1. The number of amides is 1. The number of methoxy groups -OCH3 is 1. The number of carbonyl (C=O) groups is 1. The van der Waals surface area contributed by atoms with Crippen LogP contribution in [0.15, 0.2) is 48.5 Å². The quantitative estimate of drug-likeness (QED) is 0.800. The Morgan fingerprint density at radius 2 is 1.67 bits per heavy atom. The molecule has 0 aliphatic heterocycles. The van der Waals surface area contributed by atoms with Crippen molar-refractivity contribution >= 4 is 5.91 Å². The fourth-order valence-corrected chi connectivity index (χ4v) is 2.47. The summed E-state index contributed by atoms with van der Waals surface area (Å²) in [6, 6.07) is 15.6. The van der Waals surface area contributed by atoms with Crippen LogP contribution in [0.5, 0.6) is 11.5 Å². The standard InChI is InChI=1S/C20H25NO3/c1-4-24-19-12-8-17(9-13-19)15(2)21-20(22)14-7-16-5-10-18(23-3)11-6-16/h5-6,8-13,15H,4,7,14H2,1-3H3,(H,21,22). The molecule has 1 unspecified atom stereocenters.